The van der Waals surface area contributed by atoms with Crippen molar-refractivity contribution in [1.29, 1.82) is 0 Å². The van der Waals surface area contributed by atoms with Crippen LogP contribution in [0.3, 0.4) is 0 Å². The van der Waals surface area contributed by atoms with Crippen LogP contribution in [0.15, 0.2) is 34.9 Å². The Kier molecular flexibility index (Phi) is 8.72. The fourth-order valence-corrected chi connectivity index (χ4v) is 4.46. The minimum atomic E-state index is -0.0296. The summed E-state index contributed by atoms with van der Waals surface area (Å²) in [6.07, 6.45) is 3.89. The maximum absolute atomic E-state index is 12.7. The van der Waals surface area contributed by atoms with Gasteiger partial charge in [-0.1, -0.05) is 13.8 Å². The summed E-state index contributed by atoms with van der Waals surface area (Å²) >= 11 is 0. The number of oxazole rings is 1. The number of methoxy groups -OCH3 is 1. The summed E-state index contributed by atoms with van der Waals surface area (Å²) in [5.74, 6) is 2.15. The Balaban J connectivity index is 1.41. The Morgan fingerprint density at radius 1 is 1.21 bits per heavy atom. The minimum Gasteiger partial charge on any atom is -0.497 e. The number of amides is 2. The predicted molar refractivity (Wildman–Crippen MR) is 131 cm³/mol. The molecule has 1 fully saturated rings. The van der Waals surface area contributed by atoms with Gasteiger partial charge in [-0.05, 0) is 56.6 Å². The van der Waals surface area contributed by atoms with Crippen LogP contribution in [-0.4, -0.2) is 74.0 Å². The fraction of sp³-hybridized carbons (Fsp3) is 0.577. The molecule has 34 heavy (non-hydrogen) atoms. The van der Waals surface area contributed by atoms with E-state index in [0.717, 1.165) is 17.9 Å². The molecule has 0 radical (unpaired) electrons. The van der Waals surface area contributed by atoms with Crippen molar-refractivity contribution in [2.75, 3.05) is 47.4 Å². The van der Waals surface area contributed by atoms with E-state index in [-0.39, 0.29) is 23.1 Å². The van der Waals surface area contributed by atoms with Crippen LogP contribution in [0.4, 0.5) is 0 Å². The Labute approximate surface area is 202 Å². The van der Waals surface area contributed by atoms with Gasteiger partial charge in [-0.2, -0.15) is 0 Å². The van der Waals surface area contributed by atoms with Gasteiger partial charge in [-0.15, -0.1) is 0 Å². The van der Waals surface area contributed by atoms with Crippen LogP contribution in [0.2, 0.25) is 0 Å². The van der Waals surface area contributed by atoms with Gasteiger partial charge >= 0.3 is 0 Å². The maximum Gasteiger partial charge on any atom is 0.223 e. The number of piperidine rings is 1. The molecule has 0 bridgehead atoms. The zero-order chi connectivity index (χ0) is 24.7. The van der Waals surface area contributed by atoms with Gasteiger partial charge in [0.15, 0.2) is 11.7 Å². The van der Waals surface area contributed by atoms with Gasteiger partial charge in [-0.25, -0.2) is 4.98 Å². The Morgan fingerprint density at radius 3 is 2.50 bits per heavy atom. The number of likely N-dealkylation sites (tertiary alicyclic amines) is 1. The van der Waals surface area contributed by atoms with E-state index in [4.69, 9.17) is 9.15 Å². The molecular formula is C26H38N4O4. The number of hydrogen-bond donors (Lipinski definition) is 1. The van der Waals surface area contributed by atoms with Gasteiger partial charge in [0, 0.05) is 50.5 Å². The largest absolute Gasteiger partial charge is 0.497 e. The molecule has 0 atom stereocenters. The van der Waals surface area contributed by atoms with E-state index in [0.29, 0.717) is 57.0 Å². The normalized spacial score (nSPS) is 14.9. The lowest BCUT2D eigenvalue weighted by Crippen LogP contribution is -2.46. The molecule has 0 unspecified atom stereocenters. The van der Waals surface area contributed by atoms with E-state index in [1.165, 1.54) is 0 Å². The van der Waals surface area contributed by atoms with Crippen LogP contribution in [0.25, 0.3) is 11.3 Å². The standard InChI is InChI=1S/C26H38N4O4/c1-26(2,18-29(3)4)17-28-25(32)20-12-14-30(15-13-20)24(31)11-10-23-27-16-22(34-23)19-6-8-21(33-5)9-7-19/h6-9,16,20H,10-15,17-18H2,1-5H3,(H,28,32). The van der Waals surface area contributed by atoms with E-state index >= 15 is 0 Å². The molecule has 1 N–H and O–H groups in total. The number of aromatic nitrogens is 1. The predicted octanol–water partition coefficient (Wildman–Crippen LogP) is 3.23. The van der Waals surface area contributed by atoms with Crippen molar-refractivity contribution in [3.63, 3.8) is 0 Å². The Morgan fingerprint density at radius 2 is 1.88 bits per heavy atom. The first kappa shape index (κ1) is 25.7. The van der Waals surface area contributed by atoms with Crippen LogP contribution in [0.5, 0.6) is 5.75 Å². The number of carbonyl (C=O) groups is 2. The number of nitrogens with one attached hydrogen (secondary N) is 1. The third-order valence-electron chi connectivity index (χ3n) is 6.18. The Hall–Kier alpha value is -2.87. The summed E-state index contributed by atoms with van der Waals surface area (Å²) < 4.78 is 11.0. The molecule has 2 aromatic rings. The van der Waals surface area contributed by atoms with Crippen molar-refractivity contribution in [3.8, 4) is 17.1 Å². The quantitative estimate of drug-likeness (QED) is 0.574. The lowest BCUT2D eigenvalue weighted by Gasteiger charge is -2.33. The highest BCUT2D eigenvalue weighted by Crippen LogP contribution is 2.24. The summed E-state index contributed by atoms with van der Waals surface area (Å²) in [7, 11) is 5.71. The molecule has 0 spiro atoms. The average Bonchev–Trinajstić information content (AvgIpc) is 3.29. The molecule has 1 aromatic carbocycles. The zero-order valence-electron chi connectivity index (χ0n) is 21.1. The van der Waals surface area contributed by atoms with Gasteiger partial charge in [0.05, 0.1) is 13.3 Å². The van der Waals surface area contributed by atoms with Crippen molar-refractivity contribution >= 4 is 11.8 Å². The summed E-state index contributed by atoms with van der Waals surface area (Å²) in [6, 6.07) is 7.57. The van der Waals surface area contributed by atoms with Crippen LogP contribution < -0.4 is 10.1 Å². The smallest absolute Gasteiger partial charge is 0.223 e. The molecular weight excluding hydrogens is 432 g/mol. The molecule has 1 saturated heterocycles. The molecule has 186 valence electrons. The fourth-order valence-electron chi connectivity index (χ4n) is 4.46. The number of carbonyl (C=O) groups excluding carboxylic acids is 2. The monoisotopic (exact) mass is 470 g/mol. The highest BCUT2D eigenvalue weighted by molar-refractivity contribution is 5.80. The molecule has 1 aliphatic heterocycles. The lowest BCUT2D eigenvalue weighted by molar-refractivity contribution is -0.135. The van der Waals surface area contributed by atoms with Crippen molar-refractivity contribution < 1.29 is 18.7 Å². The first-order valence-electron chi connectivity index (χ1n) is 12.0. The molecule has 0 saturated carbocycles. The van der Waals surface area contributed by atoms with Crippen molar-refractivity contribution in [2.45, 2.75) is 39.5 Å². The summed E-state index contributed by atoms with van der Waals surface area (Å²) in [5, 5.41) is 3.11. The van der Waals surface area contributed by atoms with Gasteiger partial charge < -0.3 is 24.3 Å². The number of benzene rings is 1. The molecule has 8 nitrogen and oxygen atoms in total. The van der Waals surface area contributed by atoms with Gasteiger partial charge in [0.1, 0.15) is 5.75 Å². The molecule has 3 rings (SSSR count). The zero-order valence-corrected chi connectivity index (χ0v) is 21.1. The number of hydrogen-bond acceptors (Lipinski definition) is 6. The highest BCUT2D eigenvalue weighted by atomic mass is 16.5. The summed E-state index contributed by atoms with van der Waals surface area (Å²) in [4.78, 5) is 33.6. The first-order chi connectivity index (χ1) is 16.2. The number of aryl methyl sites for hydroxylation is 1. The highest BCUT2D eigenvalue weighted by Gasteiger charge is 2.28. The Bertz CT molecular complexity index is 944. The second-order valence-electron chi connectivity index (χ2n) is 10.1. The van der Waals surface area contributed by atoms with Crippen molar-refractivity contribution in [1.82, 2.24) is 20.1 Å². The average molecular weight is 471 g/mol. The molecule has 2 amide bonds. The van der Waals surface area contributed by atoms with Crippen LogP contribution in [-0.2, 0) is 16.0 Å². The third-order valence-corrected chi connectivity index (χ3v) is 6.18. The second kappa shape index (κ2) is 11.5. The SMILES string of the molecule is COc1ccc(-c2cnc(CCC(=O)N3CCC(C(=O)NCC(C)(C)CN(C)C)CC3)o2)cc1. The van der Waals surface area contributed by atoms with Crippen molar-refractivity contribution in [3.05, 3.63) is 36.4 Å². The first-order valence-corrected chi connectivity index (χ1v) is 12.0. The van der Waals surface area contributed by atoms with E-state index < -0.39 is 0 Å². The minimum absolute atomic E-state index is 0.0168. The molecule has 1 aromatic heterocycles. The van der Waals surface area contributed by atoms with E-state index in [1.54, 1.807) is 13.3 Å². The van der Waals surface area contributed by atoms with Gasteiger partial charge in [0.25, 0.3) is 0 Å². The topological polar surface area (TPSA) is 87.9 Å². The molecule has 1 aliphatic rings. The summed E-state index contributed by atoms with van der Waals surface area (Å²) in [6.45, 7) is 7.09. The van der Waals surface area contributed by atoms with E-state index in [1.807, 2.05) is 43.3 Å². The van der Waals surface area contributed by atoms with Gasteiger partial charge in [0.2, 0.25) is 11.8 Å². The van der Waals surface area contributed by atoms with E-state index in [2.05, 4.69) is 29.0 Å². The van der Waals surface area contributed by atoms with Crippen molar-refractivity contribution in [2.24, 2.45) is 11.3 Å². The third kappa shape index (κ3) is 7.32. The number of nitrogens with zero attached hydrogens (tertiary/aromatic N) is 3. The molecule has 0 aliphatic carbocycles. The van der Waals surface area contributed by atoms with E-state index in [9.17, 15) is 9.59 Å². The lowest BCUT2D eigenvalue weighted by atomic mass is 9.91. The van der Waals surface area contributed by atoms with Crippen LogP contribution in [0, 0.1) is 11.3 Å². The van der Waals surface area contributed by atoms with Crippen LogP contribution >= 0.6 is 0 Å². The molecule has 2 heterocycles. The van der Waals surface area contributed by atoms with Gasteiger partial charge in [-0.3, -0.25) is 9.59 Å². The maximum atomic E-state index is 12.7. The number of ether oxygens (including phenoxy) is 1. The second-order valence-corrected chi connectivity index (χ2v) is 10.1. The number of rotatable bonds is 10. The summed E-state index contributed by atoms with van der Waals surface area (Å²) in [5.41, 5.74) is 0.930. The van der Waals surface area contributed by atoms with Crippen LogP contribution in [0.1, 0.15) is 39.0 Å². The molecule has 8 heteroatoms.